The van der Waals surface area contributed by atoms with Gasteiger partial charge in [0.1, 0.15) is 11.6 Å². The highest BCUT2D eigenvalue weighted by molar-refractivity contribution is 5.99. The standard InChI is InChI=1S/C72H61N3O/c76-71-64(63-30-16-15-29-61(63)55-25-9-3-10-26-55)32-17-33-65(71)72-74-70-62(31-18-34-69(70)75(72)68-40-35-50(43-49-19-13-14-20-49)44-66(68)56-27-11-4-12-28-56)59-45-58(52-23-7-2-8-24-52)46-60(47-59)67-48-57(41-42-73-67)54-38-36-53(37-39-54)51-21-5-1-6-22-51/h2-4,7-12,15-18,23-42,44-49,51,76H,1,5-6,13-14,19-22,43H2/i43D2. The number of aromatic nitrogens is 3. The van der Waals surface area contributed by atoms with Crippen molar-refractivity contribution in [2.45, 2.75) is 70.1 Å². The van der Waals surface area contributed by atoms with Gasteiger partial charge in [-0.3, -0.25) is 9.55 Å². The molecule has 11 aromatic rings. The molecule has 13 rings (SSSR count). The topological polar surface area (TPSA) is 50.9 Å². The monoisotopic (exact) mass is 985 g/mol. The van der Waals surface area contributed by atoms with Crippen molar-refractivity contribution < 1.29 is 7.85 Å². The Balaban J connectivity index is 1.02. The Morgan fingerprint density at radius 3 is 1.78 bits per heavy atom. The first-order valence-corrected chi connectivity index (χ1v) is 27.3. The summed E-state index contributed by atoms with van der Waals surface area (Å²) in [6.07, 6.45) is 10.8. The number of para-hydroxylation sites is 2. The highest BCUT2D eigenvalue weighted by Gasteiger charge is 2.26. The van der Waals surface area contributed by atoms with Gasteiger partial charge in [-0.1, -0.05) is 215 Å². The van der Waals surface area contributed by atoms with Crippen LogP contribution in [0.3, 0.4) is 0 Å². The average Bonchev–Trinajstić information content (AvgIpc) is 4.22. The number of phenols is 1. The van der Waals surface area contributed by atoms with Gasteiger partial charge in [-0.2, -0.15) is 0 Å². The molecule has 4 heteroatoms. The number of rotatable bonds is 12. The molecule has 2 aliphatic rings. The maximum atomic E-state index is 12.9. The zero-order valence-corrected chi connectivity index (χ0v) is 42.7. The van der Waals surface area contributed by atoms with Crippen LogP contribution in [0, 0.1) is 5.92 Å². The highest BCUT2D eigenvalue weighted by Crippen LogP contribution is 2.46. The molecule has 0 aliphatic heterocycles. The predicted molar refractivity (Wildman–Crippen MR) is 316 cm³/mol. The molecule has 0 bridgehead atoms. The molecule has 2 aliphatic carbocycles. The molecular weight excluding hydrogens is 923 g/mol. The summed E-state index contributed by atoms with van der Waals surface area (Å²) >= 11 is 0. The van der Waals surface area contributed by atoms with Gasteiger partial charge in [0.2, 0.25) is 0 Å². The van der Waals surface area contributed by atoms with Gasteiger partial charge < -0.3 is 5.11 Å². The molecule has 2 saturated carbocycles. The van der Waals surface area contributed by atoms with Gasteiger partial charge in [0.05, 0.1) is 28.0 Å². The molecule has 1 N–H and O–H groups in total. The van der Waals surface area contributed by atoms with Crippen LogP contribution < -0.4 is 0 Å². The largest absolute Gasteiger partial charge is 0.507 e. The molecule has 0 atom stereocenters. The number of benzene rings is 9. The lowest BCUT2D eigenvalue weighted by molar-refractivity contribution is 0.443. The van der Waals surface area contributed by atoms with E-state index in [0.29, 0.717) is 28.4 Å². The molecule has 0 spiro atoms. The molecular formula is C72H61N3O. The van der Waals surface area contributed by atoms with Crippen LogP contribution >= 0.6 is 0 Å². The van der Waals surface area contributed by atoms with Gasteiger partial charge in [0, 0.05) is 31.2 Å². The lowest BCUT2D eigenvalue weighted by Gasteiger charge is -2.22. The van der Waals surface area contributed by atoms with Gasteiger partial charge >= 0.3 is 0 Å². The number of pyridine rings is 1. The van der Waals surface area contributed by atoms with Crippen molar-refractivity contribution in [2.75, 3.05) is 0 Å². The van der Waals surface area contributed by atoms with Gasteiger partial charge in [-0.05, 0) is 147 Å². The van der Waals surface area contributed by atoms with Crippen LogP contribution in [0.15, 0.2) is 231 Å². The Kier molecular flexibility index (Phi) is 12.4. The summed E-state index contributed by atoms with van der Waals surface area (Å²) in [5.41, 5.74) is 18.9. The van der Waals surface area contributed by atoms with E-state index in [1.165, 1.54) is 43.2 Å². The molecule has 2 heterocycles. The van der Waals surface area contributed by atoms with Crippen LogP contribution in [0.4, 0.5) is 0 Å². The normalized spacial score (nSPS) is 14.7. The second-order valence-electron chi connectivity index (χ2n) is 20.8. The van der Waals surface area contributed by atoms with E-state index in [-0.39, 0.29) is 11.7 Å². The quantitative estimate of drug-likeness (QED) is 0.133. The summed E-state index contributed by atoms with van der Waals surface area (Å²) in [4.78, 5) is 10.7. The third-order valence-electron chi connectivity index (χ3n) is 16.0. The Morgan fingerprint density at radius 2 is 1.03 bits per heavy atom. The molecule has 4 nitrogen and oxygen atoms in total. The van der Waals surface area contributed by atoms with Gasteiger partial charge in [0.15, 0.2) is 0 Å². The molecule has 370 valence electrons. The Labute approximate surface area is 449 Å². The second kappa shape index (κ2) is 21.0. The first kappa shape index (κ1) is 44.8. The van der Waals surface area contributed by atoms with E-state index in [1.54, 1.807) is 0 Å². The summed E-state index contributed by atoms with van der Waals surface area (Å²) in [5.74, 6) is 1.29. The third kappa shape index (κ3) is 9.34. The predicted octanol–water partition coefficient (Wildman–Crippen LogP) is 19.2. The summed E-state index contributed by atoms with van der Waals surface area (Å²) < 4.78 is 21.3. The fourth-order valence-corrected chi connectivity index (χ4v) is 12.1. The van der Waals surface area contributed by atoms with E-state index in [1.807, 2.05) is 79.0 Å². The highest BCUT2D eigenvalue weighted by atomic mass is 16.3. The first-order chi connectivity index (χ1) is 38.4. The summed E-state index contributed by atoms with van der Waals surface area (Å²) in [6.45, 7) is 0. The van der Waals surface area contributed by atoms with Crippen molar-refractivity contribution in [3.8, 4) is 101 Å². The minimum Gasteiger partial charge on any atom is -0.507 e. The maximum absolute atomic E-state index is 12.9. The molecule has 2 fully saturated rings. The van der Waals surface area contributed by atoms with Crippen molar-refractivity contribution in [3.05, 3.63) is 242 Å². The minimum absolute atomic E-state index is 0.0515. The number of hydrogen-bond acceptors (Lipinski definition) is 3. The molecule has 0 radical (unpaired) electrons. The Hall–Kier alpha value is -8.60. The van der Waals surface area contributed by atoms with Crippen LogP contribution in [-0.4, -0.2) is 19.6 Å². The van der Waals surface area contributed by atoms with E-state index in [0.717, 1.165) is 109 Å². The van der Waals surface area contributed by atoms with Crippen LogP contribution in [0.5, 0.6) is 5.75 Å². The SMILES string of the molecule is [2H]C([2H])(c1ccc(-n2c(-c3cccc(-c4ccccc4-c4ccccc4)c3O)nc3c(-c4cc(-c5ccccc5)cc(-c5cc(-c6ccc(C7CCCCC7)cc6)ccn5)c4)cccc32)c(-c2ccccc2)c1)C1CCCC1. The molecule has 9 aromatic carbocycles. The van der Waals surface area contributed by atoms with E-state index in [9.17, 15) is 7.85 Å². The fourth-order valence-electron chi connectivity index (χ4n) is 12.1. The molecule has 2 aromatic heterocycles. The van der Waals surface area contributed by atoms with Gasteiger partial charge in [-0.25, -0.2) is 4.98 Å². The molecule has 76 heavy (non-hydrogen) atoms. The third-order valence-corrected chi connectivity index (χ3v) is 16.0. The number of imidazole rings is 1. The van der Waals surface area contributed by atoms with Crippen molar-refractivity contribution in [3.63, 3.8) is 0 Å². The van der Waals surface area contributed by atoms with Gasteiger partial charge in [0.25, 0.3) is 0 Å². The van der Waals surface area contributed by atoms with E-state index >= 15 is 0 Å². The number of aromatic hydroxyl groups is 1. The van der Waals surface area contributed by atoms with Crippen LogP contribution in [0.1, 0.15) is 77.6 Å². The smallest absolute Gasteiger partial charge is 0.149 e. The summed E-state index contributed by atoms with van der Waals surface area (Å²) in [6, 6.07) is 78.1. The number of fused-ring (bicyclic) bond motifs is 1. The van der Waals surface area contributed by atoms with Crippen LogP contribution in [0.25, 0.3) is 106 Å². The fraction of sp³-hybridized carbons (Fsp3) is 0.167. The molecule has 0 unspecified atom stereocenters. The lowest BCUT2D eigenvalue weighted by Crippen LogP contribution is -2.04. The second-order valence-corrected chi connectivity index (χ2v) is 20.8. The molecule has 0 saturated heterocycles. The van der Waals surface area contributed by atoms with Crippen LogP contribution in [0.2, 0.25) is 0 Å². The van der Waals surface area contributed by atoms with Crippen molar-refractivity contribution in [1.82, 2.24) is 14.5 Å². The lowest BCUT2D eigenvalue weighted by atomic mass is 9.84. The van der Waals surface area contributed by atoms with E-state index in [2.05, 4.69) is 156 Å². The summed E-state index contributed by atoms with van der Waals surface area (Å²) in [7, 11) is 0. The number of hydrogen-bond donors (Lipinski definition) is 1. The van der Waals surface area contributed by atoms with Crippen molar-refractivity contribution in [2.24, 2.45) is 5.92 Å². The number of nitrogens with zero attached hydrogens (tertiary/aromatic N) is 3. The van der Waals surface area contributed by atoms with Gasteiger partial charge in [-0.15, -0.1) is 0 Å². The van der Waals surface area contributed by atoms with E-state index in [4.69, 9.17) is 9.97 Å². The Morgan fingerprint density at radius 1 is 0.434 bits per heavy atom. The maximum Gasteiger partial charge on any atom is 0.149 e. The number of phenolic OH excluding ortho intramolecular Hbond substituents is 1. The van der Waals surface area contributed by atoms with Crippen molar-refractivity contribution in [1.29, 1.82) is 0 Å². The average molecular weight is 986 g/mol. The first-order valence-electron chi connectivity index (χ1n) is 28.3. The summed E-state index contributed by atoms with van der Waals surface area (Å²) in [5, 5.41) is 12.9. The zero-order chi connectivity index (χ0) is 52.6. The van der Waals surface area contributed by atoms with E-state index < -0.39 is 6.37 Å². The zero-order valence-electron chi connectivity index (χ0n) is 44.7. The Bertz CT molecular complexity index is 3930. The van der Waals surface area contributed by atoms with Crippen LogP contribution in [-0.2, 0) is 6.37 Å². The molecule has 0 amide bonds. The van der Waals surface area contributed by atoms with Crippen molar-refractivity contribution >= 4 is 11.0 Å². The minimum atomic E-state index is -1.51.